The molecule has 2 heterocycles. The second kappa shape index (κ2) is 5.95. The molecule has 0 saturated heterocycles. The normalized spacial score (nSPS) is 11.2. The van der Waals surface area contributed by atoms with E-state index in [0.29, 0.717) is 17.3 Å². The van der Waals surface area contributed by atoms with Crippen molar-refractivity contribution in [1.29, 1.82) is 0 Å². The lowest BCUT2D eigenvalue weighted by atomic mass is 10.2. The van der Waals surface area contributed by atoms with Crippen molar-refractivity contribution in [2.24, 2.45) is 0 Å². The highest BCUT2D eigenvalue weighted by molar-refractivity contribution is 9.10. The van der Waals surface area contributed by atoms with Crippen LogP contribution in [-0.4, -0.2) is 20.4 Å². The number of rotatable bonds is 3. The molecule has 0 spiro atoms. The summed E-state index contributed by atoms with van der Waals surface area (Å²) in [7, 11) is 0. The number of aryl methyl sites for hydroxylation is 2. The molecule has 21 heavy (non-hydrogen) atoms. The molecule has 3 aromatic rings. The zero-order chi connectivity index (χ0) is 15.0. The smallest absolute Gasteiger partial charge is 0.164 e. The summed E-state index contributed by atoms with van der Waals surface area (Å²) in [4.78, 5) is 9.14. The minimum absolute atomic E-state index is 0.494. The number of pyridine rings is 1. The predicted molar refractivity (Wildman–Crippen MR) is 90.7 cm³/mol. The van der Waals surface area contributed by atoms with Crippen LogP contribution in [0.15, 0.2) is 34.9 Å². The van der Waals surface area contributed by atoms with Crippen LogP contribution in [0.2, 0.25) is 5.02 Å². The molecule has 3 rings (SSSR count). The third-order valence-corrected chi connectivity index (χ3v) is 4.19. The number of aromatic nitrogens is 3. The number of halogens is 3. The Bertz CT molecular complexity index is 794. The standard InChI is InChI=1S/C15H12BrCl2N3/c1-9-3-2-4-11(18)14(9)21-13(5-6-17)20-12-7-10(16)8-19-15(12)21/h2-4,7-8H,5-6H2,1H3. The van der Waals surface area contributed by atoms with E-state index in [4.69, 9.17) is 23.2 Å². The van der Waals surface area contributed by atoms with Crippen molar-refractivity contribution in [3.63, 3.8) is 0 Å². The molecule has 0 aliphatic heterocycles. The van der Waals surface area contributed by atoms with Crippen molar-refractivity contribution in [2.75, 3.05) is 5.88 Å². The second-order valence-electron chi connectivity index (χ2n) is 4.70. The number of hydrogen-bond acceptors (Lipinski definition) is 2. The fourth-order valence-electron chi connectivity index (χ4n) is 2.38. The number of fused-ring (bicyclic) bond motifs is 1. The van der Waals surface area contributed by atoms with E-state index in [0.717, 1.165) is 32.7 Å². The molecule has 0 unspecified atom stereocenters. The topological polar surface area (TPSA) is 30.7 Å². The highest BCUT2D eigenvalue weighted by Crippen LogP contribution is 2.29. The molecule has 0 amide bonds. The maximum Gasteiger partial charge on any atom is 0.164 e. The summed E-state index contributed by atoms with van der Waals surface area (Å²) >= 11 is 15.8. The van der Waals surface area contributed by atoms with Gasteiger partial charge in [0.25, 0.3) is 0 Å². The Labute approximate surface area is 141 Å². The van der Waals surface area contributed by atoms with Gasteiger partial charge in [0, 0.05) is 23.0 Å². The quantitative estimate of drug-likeness (QED) is 0.599. The van der Waals surface area contributed by atoms with Crippen LogP contribution in [0.1, 0.15) is 11.4 Å². The van der Waals surface area contributed by atoms with Gasteiger partial charge in [-0.1, -0.05) is 23.7 Å². The van der Waals surface area contributed by atoms with Gasteiger partial charge in [0.1, 0.15) is 11.3 Å². The van der Waals surface area contributed by atoms with Gasteiger partial charge < -0.3 is 0 Å². The summed E-state index contributed by atoms with van der Waals surface area (Å²) in [5, 5.41) is 0.676. The molecule has 0 atom stereocenters. The maximum absolute atomic E-state index is 6.41. The molecule has 2 aromatic heterocycles. The van der Waals surface area contributed by atoms with Gasteiger partial charge in [0.15, 0.2) is 5.65 Å². The van der Waals surface area contributed by atoms with Crippen LogP contribution in [0.4, 0.5) is 0 Å². The SMILES string of the molecule is Cc1cccc(Cl)c1-n1c(CCCl)nc2cc(Br)cnc21. The largest absolute Gasteiger partial charge is 0.279 e. The Balaban J connectivity index is 2.36. The Hall–Kier alpha value is -1.10. The van der Waals surface area contributed by atoms with Crippen LogP contribution in [0, 0.1) is 6.92 Å². The Morgan fingerprint density at radius 1 is 1.33 bits per heavy atom. The fourth-order valence-corrected chi connectivity index (χ4v) is 3.18. The van der Waals surface area contributed by atoms with E-state index in [1.165, 1.54) is 0 Å². The minimum atomic E-state index is 0.494. The van der Waals surface area contributed by atoms with E-state index in [2.05, 4.69) is 25.9 Å². The van der Waals surface area contributed by atoms with Gasteiger partial charge >= 0.3 is 0 Å². The zero-order valence-electron chi connectivity index (χ0n) is 11.3. The molecule has 0 radical (unpaired) electrons. The first-order chi connectivity index (χ1) is 10.1. The lowest BCUT2D eigenvalue weighted by Gasteiger charge is -2.12. The molecule has 3 nitrogen and oxygen atoms in total. The van der Waals surface area contributed by atoms with Crippen LogP contribution in [0.25, 0.3) is 16.9 Å². The van der Waals surface area contributed by atoms with E-state index >= 15 is 0 Å². The summed E-state index contributed by atoms with van der Waals surface area (Å²) in [6.45, 7) is 2.02. The van der Waals surface area contributed by atoms with E-state index in [9.17, 15) is 0 Å². The van der Waals surface area contributed by atoms with Gasteiger partial charge in [-0.3, -0.25) is 4.57 Å². The van der Waals surface area contributed by atoms with Crippen molar-refractivity contribution in [2.45, 2.75) is 13.3 Å². The number of benzene rings is 1. The van der Waals surface area contributed by atoms with Crippen molar-refractivity contribution < 1.29 is 0 Å². The monoisotopic (exact) mass is 383 g/mol. The van der Waals surface area contributed by atoms with E-state index in [1.54, 1.807) is 6.20 Å². The molecule has 0 aliphatic carbocycles. The molecule has 0 aliphatic rings. The first-order valence-electron chi connectivity index (χ1n) is 6.46. The Morgan fingerprint density at radius 3 is 2.86 bits per heavy atom. The minimum Gasteiger partial charge on any atom is -0.279 e. The molecule has 0 saturated carbocycles. The third kappa shape index (κ3) is 2.68. The first kappa shape index (κ1) is 14.8. The number of alkyl halides is 1. The van der Waals surface area contributed by atoms with E-state index < -0.39 is 0 Å². The molecule has 1 aromatic carbocycles. The number of para-hydroxylation sites is 1. The van der Waals surface area contributed by atoms with Crippen LogP contribution in [-0.2, 0) is 6.42 Å². The average Bonchev–Trinajstić information content (AvgIpc) is 2.77. The third-order valence-electron chi connectivity index (χ3n) is 3.26. The highest BCUT2D eigenvalue weighted by atomic mass is 79.9. The summed E-state index contributed by atoms with van der Waals surface area (Å²) < 4.78 is 2.90. The lowest BCUT2D eigenvalue weighted by molar-refractivity contribution is 0.900. The molecular formula is C15H12BrCl2N3. The van der Waals surface area contributed by atoms with Crippen LogP contribution in [0.5, 0.6) is 0 Å². The number of hydrogen-bond donors (Lipinski definition) is 0. The van der Waals surface area contributed by atoms with Gasteiger partial charge in [-0.15, -0.1) is 11.6 Å². The van der Waals surface area contributed by atoms with Gasteiger partial charge in [0.05, 0.1) is 10.7 Å². The summed E-state index contributed by atoms with van der Waals surface area (Å²) in [5.74, 6) is 1.36. The van der Waals surface area contributed by atoms with Gasteiger partial charge in [0.2, 0.25) is 0 Å². The van der Waals surface area contributed by atoms with Crippen molar-refractivity contribution >= 4 is 50.3 Å². The van der Waals surface area contributed by atoms with Gasteiger partial charge in [-0.25, -0.2) is 9.97 Å². The van der Waals surface area contributed by atoms with Crippen molar-refractivity contribution in [3.05, 3.63) is 51.3 Å². The van der Waals surface area contributed by atoms with Crippen molar-refractivity contribution in [3.8, 4) is 5.69 Å². The molecule has 0 N–H and O–H groups in total. The average molecular weight is 385 g/mol. The Morgan fingerprint density at radius 2 is 2.14 bits per heavy atom. The van der Waals surface area contributed by atoms with E-state index in [1.807, 2.05) is 35.8 Å². The first-order valence-corrected chi connectivity index (χ1v) is 8.16. The van der Waals surface area contributed by atoms with Crippen LogP contribution in [0.3, 0.4) is 0 Å². The van der Waals surface area contributed by atoms with Crippen LogP contribution < -0.4 is 0 Å². The van der Waals surface area contributed by atoms with Gasteiger partial charge in [-0.2, -0.15) is 0 Å². The molecule has 0 fully saturated rings. The molecule has 0 bridgehead atoms. The summed E-state index contributed by atoms with van der Waals surface area (Å²) in [6, 6.07) is 7.78. The highest BCUT2D eigenvalue weighted by Gasteiger charge is 2.17. The number of nitrogens with zero attached hydrogens (tertiary/aromatic N) is 3. The van der Waals surface area contributed by atoms with Crippen molar-refractivity contribution in [1.82, 2.24) is 14.5 Å². The predicted octanol–water partition coefficient (Wildman–Crippen LogP) is 4.93. The van der Waals surface area contributed by atoms with Gasteiger partial charge in [-0.05, 0) is 40.5 Å². The number of imidazole rings is 1. The second-order valence-corrected chi connectivity index (χ2v) is 6.40. The fraction of sp³-hybridized carbons (Fsp3) is 0.200. The van der Waals surface area contributed by atoms with E-state index in [-0.39, 0.29) is 0 Å². The molecule has 6 heteroatoms. The summed E-state index contributed by atoms with van der Waals surface area (Å²) in [6.07, 6.45) is 2.41. The molecular weight excluding hydrogens is 373 g/mol. The van der Waals surface area contributed by atoms with Crippen LogP contribution >= 0.6 is 39.1 Å². The Kier molecular flexibility index (Phi) is 4.20. The molecule has 108 valence electrons. The summed E-state index contributed by atoms with van der Waals surface area (Å²) in [5.41, 5.74) is 3.59. The maximum atomic E-state index is 6.41. The zero-order valence-corrected chi connectivity index (χ0v) is 14.4. The lowest BCUT2D eigenvalue weighted by Crippen LogP contribution is -2.05.